The smallest absolute Gasteiger partial charge is 0.257 e. The Labute approximate surface area is 133 Å². The van der Waals surface area contributed by atoms with Gasteiger partial charge in [0.2, 0.25) is 0 Å². The van der Waals surface area contributed by atoms with Crippen LogP contribution in [-0.4, -0.2) is 17.0 Å². The molecule has 0 aliphatic carbocycles. The van der Waals surface area contributed by atoms with Crippen LogP contribution in [0.1, 0.15) is 26.3 Å². The maximum atomic E-state index is 12.0. The molecule has 0 radical (unpaired) electrons. The summed E-state index contributed by atoms with van der Waals surface area (Å²) < 4.78 is 0. The summed E-state index contributed by atoms with van der Waals surface area (Å²) in [5.41, 5.74) is 1.80. The highest BCUT2D eigenvalue weighted by Crippen LogP contribution is 2.16. The number of carboxylic acid groups (broad SMARTS) is 1. The van der Waals surface area contributed by atoms with Gasteiger partial charge in [0.25, 0.3) is 5.91 Å². The molecular formula is C16H13N2O3S-. The van der Waals surface area contributed by atoms with Crippen molar-refractivity contribution in [3.63, 3.8) is 0 Å². The third-order valence-corrected chi connectivity index (χ3v) is 3.19. The number of aromatic carboxylic acids is 1. The molecule has 0 atom stereocenters. The lowest BCUT2D eigenvalue weighted by atomic mass is 10.1. The topological polar surface area (TPSA) is 81.3 Å². The lowest BCUT2D eigenvalue weighted by Gasteiger charge is -2.13. The van der Waals surface area contributed by atoms with E-state index in [0.717, 1.165) is 5.56 Å². The number of carboxylic acids is 1. The molecule has 0 saturated heterocycles. The minimum absolute atomic E-state index is 0.0327. The van der Waals surface area contributed by atoms with E-state index in [2.05, 4.69) is 10.6 Å². The lowest BCUT2D eigenvalue weighted by Crippen LogP contribution is -2.34. The number of rotatable bonds is 3. The molecule has 0 saturated carbocycles. The zero-order chi connectivity index (χ0) is 16.1. The third-order valence-electron chi connectivity index (χ3n) is 2.98. The number of thiocarbonyl (C=S) groups is 1. The fraction of sp³-hybridized carbons (Fsp3) is 0.0625. The van der Waals surface area contributed by atoms with Gasteiger partial charge in [0.1, 0.15) is 0 Å². The summed E-state index contributed by atoms with van der Waals surface area (Å²) >= 11 is 5.07. The summed E-state index contributed by atoms with van der Waals surface area (Å²) in [6.45, 7) is 1.79. The normalized spacial score (nSPS) is 9.86. The van der Waals surface area contributed by atoms with Crippen molar-refractivity contribution in [2.45, 2.75) is 6.92 Å². The van der Waals surface area contributed by atoms with Crippen LogP contribution in [0.5, 0.6) is 0 Å². The maximum Gasteiger partial charge on any atom is 0.257 e. The highest BCUT2D eigenvalue weighted by Gasteiger charge is 2.08. The summed E-state index contributed by atoms with van der Waals surface area (Å²) in [5, 5.41) is 16.3. The van der Waals surface area contributed by atoms with Crippen molar-refractivity contribution in [2.24, 2.45) is 0 Å². The second-order valence-electron chi connectivity index (χ2n) is 4.59. The molecule has 0 aromatic heterocycles. The Morgan fingerprint density at radius 3 is 2.36 bits per heavy atom. The van der Waals surface area contributed by atoms with Crippen molar-refractivity contribution in [1.29, 1.82) is 0 Å². The van der Waals surface area contributed by atoms with Crippen LogP contribution in [-0.2, 0) is 0 Å². The van der Waals surface area contributed by atoms with Crippen LogP contribution < -0.4 is 15.7 Å². The molecular weight excluding hydrogens is 300 g/mol. The predicted octanol–water partition coefficient (Wildman–Crippen LogP) is 1.49. The molecule has 2 aromatic carbocycles. The van der Waals surface area contributed by atoms with E-state index in [1.54, 1.807) is 37.3 Å². The quantitative estimate of drug-likeness (QED) is 0.839. The average molecular weight is 313 g/mol. The minimum Gasteiger partial charge on any atom is -0.545 e. The first-order valence-electron chi connectivity index (χ1n) is 6.47. The van der Waals surface area contributed by atoms with Gasteiger partial charge in [-0.15, -0.1) is 0 Å². The molecule has 1 amide bonds. The molecule has 0 fully saturated rings. The largest absolute Gasteiger partial charge is 0.545 e. The van der Waals surface area contributed by atoms with Gasteiger partial charge in [-0.3, -0.25) is 10.1 Å². The van der Waals surface area contributed by atoms with Crippen molar-refractivity contribution in [1.82, 2.24) is 5.32 Å². The van der Waals surface area contributed by atoms with Crippen LogP contribution >= 0.6 is 12.2 Å². The van der Waals surface area contributed by atoms with E-state index in [1.165, 1.54) is 12.1 Å². The number of hydrogen-bond donors (Lipinski definition) is 2. The third kappa shape index (κ3) is 3.89. The number of amides is 1. The van der Waals surface area contributed by atoms with Gasteiger partial charge in [-0.1, -0.05) is 30.3 Å². The summed E-state index contributed by atoms with van der Waals surface area (Å²) in [7, 11) is 0. The van der Waals surface area contributed by atoms with Crippen molar-refractivity contribution in [3.05, 3.63) is 65.2 Å². The van der Waals surface area contributed by atoms with Gasteiger partial charge in [0.15, 0.2) is 5.11 Å². The van der Waals surface area contributed by atoms with Gasteiger partial charge in [0, 0.05) is 11.3 Å². The average Bonchev–Trinajstić information content (AvgIpc) is 2.50. The van der Waals surface area contributed by atoms with Gasteiger partial charge < -0.3 is 15.2 Å². The van der Waals surface area contributed by atoms with Crippen LogP contribution in [0, 0.1) is 6.92 Å². The molecule has 2 rings (SSSR count). The van der Waals surface area contributed by atoms with E-state index >= 15 is 0 Å². The monoisotopic (exact) mass is 313 g/mol. The van der Waals surface area contributed by atoms with Gasteiger partial charge in [-0.25, -0.2) is 0 Å². The first-order valence-corrected chi connectivity index (χ1v) is 6.87. The van der Waals surface area contributed by atoms with Gasteiger partial charge in [-0.05, 0) is 48.5 Å². The number of anilines is 1. The molecule has 0 aliphatic rings. The number of benzene rings is 2. The van der Waals surface area contributed by atoms with E-state index in [9.17, 15) is 14.7 Å². The molecule has 22 heavy (non-hydrogen) atoms. The summed E-state index contributed by atoms with van der Waals surface area (Å²) in [4.78, 5) is 22.8. The van der Waals surface area contributed by atoms with Crippen LogP contribution in [0.2, 0.25) is 0 Å². The van der Waals surface area contributed by atoms with E-state index in [-0.39, 0.29) is 16.6 Å². The summed E-state index contributed by atoms with van der Waals surface area (Å²) in [5.74, 6) is -1.62. The Balaban J connectivity index is 2.08. The van der Waals surface area contributed by atoms with Gasteiger partial charge in [0.05, 0.1) is 5.97 Å². The van der Waals surface area contributed by atoms with E-state index in [1.807, 2.05) is 6.07 Å². The fourth-order valence-corrected chi connectivity index (χ4v) is 2.00. The minimum atomic E-state index is -1.28. The number of carbonyl (C=O) groups is 2. The molecule has 112 valence electrons. The molecule has 2 N–H and O–H groups in total. The molecule has 6 heteroatoms. The summed E-state index contributed by atoms with van der Waals surface area (Å²) in [6, 6.07) is 13.1. The van der Waals surface area contributed by atoms with Gasteiger partial charge >= 0.3 is 0 Å². The Hall–Kier alpha value is -2.73. The first-order chi connectivity index (χ1) is 10.5. The van der Waals surface area contributed by atoms with E-state index < -0.39 is 5.97 Å². The Bertz CT molecular complexity index is 729. The van der Waals surface area contributed by atoms with Crippen LogP contribution in [0.3, 0.4) is 0 Å². The highest BCUT2D eigenvalue weighted by molar-refractivity contribution is 7.80. The molecule has 0 heterocycles. The van der Waals surface area contributed by atoms with Crippen molar-refractivity contribution >= 4 is 34.9 Å². The predicted molar refractivity (Wildman–Crippen MR) is 85.6 cm³/mol. The van der Waals surface area contributed by atoms with Crippen LogP contribution in [0.15, 0.2) is 48.5 Å². The Morgan fingerprint density at radius 2 is 1.73 bits per heavy atom. The molecule has 0 aliphatic heterocycles. The zero-order valence-corrected chi connectivity index (χ0v) is 12.6. The molecule has 5 nitrogen and oxygen atoms in total. The maximum absolute atomic E-state index is 12.0. The van der Waals surface area contributed by atoms with Crippen LogP contribution in [0.4, 0.5) is 5.69 Å². The number of hydrogen-bond acceptors (Lipinski definition) is 4. The van der Waals surface area contributed by atoms with Crippen molar-refractivity contribution in [2.75, 3.05) is 5.32 Å². The standard InChI is InChI=1S/C16H14N2O3S/c1-10-7-8-12(15(20)21)9-13(10)17-16(22)18-14(19)11-5-3-2-4-6-11/h2-9H,1H3,(H,20,21)(H2,17,18,19,22)/p-1. The van der Waals surface area contributed by atoms with Crippen molar-refractivity contribution in [3.8, 4) is 0 Å². The number of nitrogens with one attached hydrogen (secondary N) is 2. The molecule has 0 spiro atoms. The number of carbonyl (C=O) groups excluding carboxylic acids is 2. The lowest BCUT2D eigenvalue weighted by molar-refractivity contribution is -0.255. The Kier molecular flexibility index (Phi) is 4.85. The van der Waals surface area contributed by atoms with Crippen molar-refractivity contribution < 1.29 is 14.7 Å². The Morgan fingerprint density at radius 1 is 1.05 bits per heavy atom. The van der Waals surface area contributed by atoms with Crippen LogP contribution in [0.25, 0.3) is 0 Å². The molecule has 2 aromatic rings. The fourth-order valence-electron chi connectivity index (χ4n) is 1.80. The van der Waals surface area contributed by atoms with E-state index in [0.29, 0.717) is 11.3 Å². The molecule has 0 bridgehead atoms. The second kappa shape index (κ2) is 6.82. The zero-order valence-electron chi connectivity index (χ0n) is 11.8. The SMILES string of the molecule is Cc1ccc(C(=O)[O-])cc1NC(=S)NC(=O)c1ccccc1. The summed E-state index contributed by atoms with van der Waals surface area (Å²) in [6.07, 6.45) is 0. The highest BCUT2D eigenvalue weighted by atomic mass is 32.1. The first kappa shape index (κ1) is 15.7. The van der Waals surface area contributed by atoms with Gasteiger partial charge in [-0.2, -0.15) is 0 Å². The number of aryl methyl sites for hydroxylation is 1. The molecule has 0 unspecified atom stereocenters. The second-order valence-corrected chi connectivity index (χ2v) is 5.00. The van der Waals surface area contributed by atoms with E-state index in [4.69, 9.17) is 12.2 Å².